The summed E-state index contributed by atoms with van der Waals surface area (Å²) < 4.78 is 0. The van der Waals surface area contributed by atoms with Crippen LogP contribution in [0.3, 0.4) is 0 Å². The van der Waals surface area contributed by atoms with E-state index in [0.29, 0.717) is 0 Å². The third kappa shape index (κ3) is 1.34. The molecule has 0 aliphatic heterocycles. The van der Waals surface area contributed by atoms with Gasteiger partial charge in [-0.2, -0.15) is 0 Å². The standard InChI is InChI=1S/C10H18.B/c1-7-3-5-9-6-4-8(2)10(7)9;/h7-10H,3-6H2,1-2H3;. The Morgan fingerprint density at radius 3 is 1.64 bits per heavy atom. The average Bonchev–Trinajstić information content (AvgIpc) is 2.40. The molecular weight excluding hydrogens is 131 g/mol. The van der Waals surface area contributed by atoms with E-state index in [1.165, 1.54) is 25.7 Å². The second-order valence-electron chi connectivity index (χ2n) is 4.45. The number of fused-ring (bicyclic) bond motifs is 1. The first kappa shape index (κ1) is 9.16. The number of rotatable bonds is 0. The molecule has 2 unspecified atom stereocenters. The van der Waals surface area contributed by atoms with Crippen LogP contribution in [0.4, 0.5) is 0 Å². The van der Waals surface area contributed by atoms with Crippen molar-refractivity contribution in [3.63, 3.8) is 0 Å². The summed E-state index contributed by atoms with van der Waals surface area (Å²) in [6, 6.07) is 0. The summed E-state index contributed by atoms with van der Waals surface area (Å²) in [4.78, 5) is 0. The zero-order chi connectivity index (χ0) is 7.14. The Balaban J connectivity index is 0.000000605. The van der Waals surface area contributed by atoms with Crippen LogP contribution in [0, 0.1) is 23.7 Å². The molecule has 61 valence electrons. The van der Waals surface area contributed by atoms with Gasteiger partial charge in [0.2, 0.25) is 0 Å². The molecule has 2 fully saturated rings. The van der Waals surface area contributed by atoms with Crippen LogP contribution in [0.5, 0.6) is 0 Å². The van der Waals surface area contributed by atoms with Crippen molar-refractivity contribution >= 4 is 8.41 Å². The van der Waals surface area contributed by atoms with Gasteiger partial charge in [0.05, 0.1) is 0 Å². The third-order valence-electron chi connectivity index (χ3n) is 3.84. The zero-order valence-corrected chi connectivity index (χ0v) is 7.72. The second kappa shape index (κ2) is 3.20. The summed E-state index contributed by atoms with van der Waals surface area (Å²) in [6.07, 6.45) is 6.10. The summed E-state index contributed by atoms with van der Waals surface area (Å²) in [6.45, 7) is 4.90. The first-order chi connectivity index (χ1) is 4.79. The van der Waals surface area contributed by atoms with Gasteiger partial charge in [-0.05, 0) is 36.5 Å². The Bertz CT molecular complexity index is 119. The van der Waals surface area contributed by atoms with Crippen molar-refractivity contribution in [2.75, 3.05) is 0 Å². The Labute approximate surface area is 72.3 Å². The molecule has 1 heteroatoms. The Kier molecular flexibility index (Phi) is 2.67. The number of hydrogen-bond acceptors (Lipinski definition) is 0. The van der Waals surface area contributed by atoms with Crippen LogP contribution in [0.1, 0.15) is 39.5 Å². The minimum absolute atomic E-state index is 0. The van der Waals surface area contributed by atoms with Crippen LogP contribution in [-0.2, 0) is 0 Å². The van der Waals surface area contributed by atoms with E-state index in [1.54, 1.807) is 0 Å². The molecule has 0 saturated heterocycles. The predicted octanol–water partition coefficient (Wildman–Crippen LogP) is 2.70. The highest BCUT2D eigenvalue weighted by atomic mass is 14.5. The molecule has 0 N–H and O–H groups in total. The lowest BCUT2D eigenvalue weighted by Gasteiger charge is -2.18. The summed E-state index contributed by atoms with van der Waals surface area (Å²) in [5, 5.41) is 0. The molecule has 2 aliphatic carbocycles. The molecule has 0 aromatic rings. The highest BCUT2D eigenvalue weighted by molar-refractivity contribution is 5.75. The zero-order valence-electron chi connectivity index (χ0n) is 7.72. The topological polar surface area (TPSA) is 0 Å². The molecule has 0 spiro atoms. The van der Waals surface area contributed by atoms with Crippen molar-refractivity contribution in [1.82, 2.24) is 0 Å². The Morgan fingerprint density at radius 1 is 0.818 bits per heavy atom. The number of hydrogen-bond donors (Lipinski definition) is 0. The van der Waals surface area contributed by atoms with Crippen LogP contribution in [-0.4, -0.2) is 8.41 Å². The summed E-state index contributed by atoms with van der Waals surface area (Å²) in [7, 11) is 0. The largest absolute Gasteiger partial charge is 0.0622 e. The van der Waals surface area contributed by atoms with Gasteiger partial charge in [0.25, 0.3) is 0 Å². The van der Waals surface area contributed by atoms with E-state index in [0.717, 1.165) is 23.7 Å². The Morgan fingerprint density at radius 2 is 1.27 bits per heavy atom. The highest BCUT2D eigenvalue weighted by Gasteiger charge is 2.40. The van der Waals surface area contributed by atoms with Gasteiger partial charge in [-0.1, -0.05) is 26.7 Å². The molecule has 2 rings (SSSR count). The molecule has 0 aromatic heterocycles. The van der Waals surface area contributed by atoms with Crippen molar-refractivity contribution in [2.24, 2.45) is 23.7 Å². The van der Waals surface area contributed by atoms with E-state index in [1.807, 2.05) is 0 Å². The van der Waals surface area contributed by atoms with Gasteiger partial charge < -0.3 is 0 Å². The van der Waals surface area contributed by atoms with E-state index in [9.17, 15) is 0 Å². The first-order valence-corrected chi connectivity index (χ1v) is 4.79. The van der Waals surface area contributed by atoms with Crippen LogP contribution < -0.4 is 0 Å². The SMILES string of the molecule is CC1CCC2CCC(C)C12.[B]. The van der Waals surface area contributed by atoms with Gasteiger partial charge in [-0.25, -0.2) is 0 Å². The molecule has 0 amide bonds. The predicted molar refractivity (Wildman–Crippen MR) is 49.5 cm³/mol. The van der Waals surface area contributed by atoms with Gasteiger partial charge in [0, 0.05) is 8.41 Å². The minimum atomic E-state index is 0. The van der Waals surface area contributed by atoms with Gasteiger partial charge >= 0.3 is 0 Å². The van der Waals surface area contributed by atoms with Crippen LogP contribution >= 0.6 is 0 Å². The summed E-state index contributed by atoms with van der Waals surface area (Å²) in [5.41, 5.74) is 0. The first-order valence-electron chi connectivity index (χ1n) is 4.79. The van der Waals surface area contributed by atoms with Crippen molar-refractivity contribution < 1.29 is 0 Å². The van der Waals surface area contributed by atoms with E-state index < -0.39 is 0 Å². The fourth-order valence-electron chi connectivity index (χ4n) is 3.36. The van der Waals surface area contributed by atoms with E-state index in [4.69, 9.17) is 0 Å². The molecule has 3 radical (unpaired) electrons. The highest BCUT2D eigenvalue weighted by Crippen LogP contribution is 2.50. The summed E-state index contributed by atoms with van der Waals surface area (Å²) in [5.74, 6) is 4.33. The van der Waals surface area contributed by atoms with Crippen LogP contribution in [0.2, 0.25) is 0 Å². The van der Waals surface area contributed by atoms with Gasteiger partial charge in [-0.15, -0.1) is 0 Å². The lowest BCUT2D eigenvalue weighted by atomic mass is 9.87. The smallest absolute Gasteiger partial charge is 0 e. The van der Waals surface area contributed by atoms with E-state index >= 15 is 0 Å². The second-order valence-corrected chi connectivity index (χ2v) is 4.45. The van der Waals surface area contributed by atoms with Crippen LogP contribution in [0.15, 0.2) is 0 Å². The quantitative estimate of drug-likeness (QED) is 0.464. The normalized spacial score (nSPS) is 48.5. The maximum atomic E-state index is 2.45. The lowest BCUT2D eigenvalue weighted by Crippen LogP contribution is -2.12. The molecule has 11 heavy (non-hydrogen) atoms. The molecule has 0 aromatic carbocycles. The van der Waals surface area contributed by atoms with Gasteiger partial charge in [-0.3, -0.25) is 0 Å². The van der Waals surface area contributed by atoms with Gasteiger partial charge in [0.1, 0.15) is 0 Å². The minimum Gasteiger partial charge on any atom is -0.0622 e. The molecule has 0 heterocycles. The molecule has 2 atom stereocenters. The molecule has 2 saturated carbocycles. The molecule has 0 nitrogen and oxygen atoms in total. The van der Waals surface area contributed by atoms with Crippen molar-refractivity contribution in [3.05, 3.63) is 0 Å². The lowest BCUT2D eigenvalue weighted by molar-refractivity contribution is 0.302. The average molecular weight is 149 g/mol. The molecule has 2 aliphatic rings. The molecule has 0 bridgehead atoms. The fourth-order valence-corrected chi connectivity index (χ4v) is 3.36. The van der Waals surface area contributed by atoms with Crippen LogP contribution in [0.25, 0.3) is 0 Å². The van der Waals surface area contributed by atoms with Crippen molar-refractivity contribution in [3.8, 4) is 0 Å². The maximum absolute atomic E-state index is 2.45. The maximum Gasteiger partial charge on any atom is 0 e. The van der Waals surface area contributed by atoms with E-state index in [-0.39, 0.29) is 8.41 Å². The molecular formula is C10H18B. The van der Waals surface area contributed by atoms with E-state index in [2.05, 4.69) is 13.8 Å². The summed E-state index contributed by atoms with van der Waals surface area (Å²) >= 11 is 0. The van der Waals surface area contributed by atoms with Gasteiger partial charge in [0.15, 0.2) is 0 Å². The monoisotopic (exact) mass is 149 g/mol. The third-order valence-corrected chi connectivity index (χ3v) is 3.84. The Hall–Kier alpha value is 0.0649. The fraction of sp³-hybridized carbons (Fsp3) is 1.00. The van der Waals surface area contributed by atoms with Crippen molar-refractivity contribution in [1.29, 1.82) is 0 Å². The van der Waals surface area contributed by atoms with Crippen molar-refractivity contribution in [2.45, 2.75) is 39.5 Å².